The van der Waals surface area contributed by atoms with E-state index in [-0.39, 0.29) is 11.5 Å². The second-order valence-electron chi connectivity index (χ2n) is 8.64. The van der Waals surface area contributed by atoms with Crippen molar-refractivity contribution < 1.29 is 9.63 Å². The van der Waals surface area contributed by atoms with E-state index in [1.54, 1.807) is 6.20 Å². The van der Waals surface area contributed by atoms with Gasteiger partial charge in [-0.3, -0.25) is 0 Å². The number of piperidine rings is 1. The van der Waals surface area contributed by atoms with Crippen molar-refractivity contribution in [3.05, 3.63) is 54.0 Å². The van der Waals surface area contributed by atoms with Crippen molar-refractivity contribution in [2.24, 2.45) is 5.92 Å². The quantitative estimate of drug-likeness (QED) is 0.671. The van der Waals surface area contributed by atoms with Gasteiger partial charge in [0, 0.05) is 24.8 Å². The van der Waals surface area contributed by atoms with Gasteiger partial charge in [-0.05, 0) is 61.8 Å². The van der Waals surface area contributed by atoms with Crippen LogP contribution in [0, 0.1) is 5.92 Å². The molecule has 0 amide bonds. The Morgan fingerprint density at radius 3 is 2.37 bits per heavy atom. The molecule has 3 heterocycles. The van der Waals surface area contributed by atoms with Crippen molar-refractivity contribution in [2.45, 2.75) is 44.1 Å². The van der Waals surface area contributed by atoms with Crippen LogP contribution in [-0.4, -0.2) is 39.4 Å². The lowest BCUT2D eigenvalue weighted by atomic mass is 9.77. The minimum Gasteiger partial charge on any atom is -0.393 e. The molecule has 1 atom stereocenters. The van der Waals surface area contributed by atoms with Gasteiger partial charge >= 0.3 is 6.01 Å². The molecule has 1 saturated carbocycles. The lowest BCUT2D eigenvalue weighted by Gasteiger charge is -2.28. The van der Waals surface area contributed by atoms with E-state index >= 15 is 0 Å². The van der Waals surface area contributed by atoms with Crippen LogP contribution in [0.2, 0.25) is 0 Å². The lowest BCUT2D eigenvalue weighted by molar-refractivity contribution is 0.143. The summed E-state index contributed by atoms with van der Waals surface area (Å²) in [4.78, 5) is 11.1. The number of nitrogen functional groups attached to an aromatic ring is 1. The van der Waals surface area contributed by atoms with E-state index < -0.39 is 0 Å². The van der Waals surface area contributed by atoms with Crippen molar-refractivity contribution in [3.63, 3.8) is 0 Å². The van der Waals surface area contributed by atoms with Gasteiger partial charge in [0.2, 0.25) is 0 Å². The predicted molar refractivity (Wildman–Crippen MR) is 115 cm³/mol. The van der Waals surface area contributed by atoms with Crippen LogP contribution in [0.1, 0.15) is 44.0 Å². The molecule has 2 aliphatic rings. The maximum atomic E-state index is 9.75. The van der Waals surface area contributed by atoms with Crippen LogP contribution in [0.15, 0.2) is 47.1 Å². The zero-order chi connectivity index (χ0) is 20.7. The van der Waals surface area contributed by atoms with Crippen molar-refractivity contribution in [2.75, 3.05) is 23.7 Å². The van der Waals surface area contributed by atoms with Crippen LogP contribution >= 0.6 is 0 Å². The monoisotopic (exact) mass is 405 g/mol. The third-order valence-corrected chi connectivity index (χ3v) is 6.61. The lowest BCUT2D eigenvalue weighted by Crippen LogP contribution is -2.36. The molecule has 1 saturated heterocycles. The molecule has 1 aliphatic heterocycles. The van der Waals surface area contributed by atoms with Gasteiger partial charge in [0.15, 0.2) is 5.82 Å². The van der Waals surface area contributed by atoms with Crippen LogP contribution in [0.25, 0.3) is 11.1 Å². The van der Waals surface area contributed by atoms with Crippen molar-refractivity contribution in [1.29, 1.82) is 0 Å². The number of aliphatic hydroxyl groups is 1. The summed E-state index contributed by atoms with van der Waals surface area (Å²) < 4.78 is 5.65. The number of benzene rings is 1. The number of anilines is 2. The first-order chi connectivity index (χ1) is 14.5. The van der Waals surface area contributed by atoms with Gasteiger partial charge in [-0.2, -0.15) is 4.98 Å². The predicted octanol–water partition coefficient (Wildman–Crippen LogP) is 3.39. The van der Waals surface area contributed by atoms with E-state index in [9.17, 15) is 5.11 Å². The molecule has 1 aliphatic carbocycles. The Morgan fingerprint density at radius 2 is 1.73 bits per heavy atom. The number of aromatic nitrogens is 3. The molecule has 5 rings (SSSR count). The van der Waals surface area contributed by atoms with Crippen molar-refractivity contribution in [3.8, 4) is 11.1 Å². The average molecular weight is 406 g/mol. The van der Waals surface area contributed by atoms with Crippen LogP contribution in [-0.2, 0) is 5.41 Å². The summed E-state index contributed by atoms with van der Waals surface area (Å²) in [5.74, 6) is 1.77. The van der Waals surface area contributed by atoms with Crippen LogP contribution in [0.5, 0.6) is 0 Å². The molecule has 3 N–H and O–H groups in total. The molecule has 156 valence electrons. The summed E-state index contributed by atoms with van der Waals surface area (Å²) in [6.07, 6.45) is 5.37. The highest BCUT2D eigenvalue weighted by Crippen LogP contribution is 2.50. The molecule has 2 fully saturated rings. The second-order valence-corrected chi connectivity index (χ2v) is 8.64. The fourth-order valence-electron chi connectivity index (χ4n) is 4.41. The van der Waals surface area contributed by atoms with E-state index in [0.717, 1.165) is 42.9 Å². The molecule has 7 heteroatoms. The van der Waals surface area contributed by atoms with Crippen molar-refractivity contribution in [1.82, 2.24) is 15.1 Å². The molecular formula is C23H27N5O2. The highest BCUT2D eigenvalue weighted by Gasteiger charge is 2.47. The molecule has 0 unspecified atom stereocenters. The second kappa shape index (κ2) is 7.40. The number of hydrogen-bond donors (Lipinski definition) is 2. The summed E-state index contributed by atoms with van der Waals surface area (Å²) >= 11 is 0. The first-order valence-corrected chi connectivity index (χ1v) is 10.6. The van der Waals surface area contributed by atoms with E-state index in [1.807, 2.05) is 12.1 Å². The van der Waals surface area contributed by atoms with Gasteiger partial charge < -0.3 is 20.3 Å². The summed E-state index contributed by atoms with van der Waals surface area (Å²) in [6, 6.07) is 12.9. The molecule has 2 aromatic heterocycles. The molecule has 0 bridgehead atoms. The maximum absolute atomic E-state index is 9.75. The third-order valence-electron chi connectivity index (χ3n) is 6.61. The summed E-state index contributed by atoms with van der Waals surface area (Å²) in [7, 11) is 0. The Kier molecular flexibility index (Phi) is 4.70. The Morgan fingerprint density at radius 1 is 1.03 bits per heavy atom. The number of nitrogens with two attached hydrogens (primary N) is 1. The normalized spacial score (nSPS) is 19.6. The number of rotatable bonds is 5. The van der Waals surface area contributed by atoms with Gasteiger partial charge in [0.05, 0.1) is 11.5 Å². The third kappa shape index (κ3) is 3.43. The molecule has 0 spiro atoms. The molecular weight excluding hydrogens is 378 g/mol. The van der Waals surface area contributed by atoms with Crippen LogP contribution in [0.4, 0.5) is 11.8 Å². The molecule has 1 aromatic carbocycles. The fourth-order valence-corrected chi connectivity index (χ4v) is 4.41. The average Bonchev–Trinajstić information content (AvgIpc) is 3.52. The molecule has 0 radical (unpaired) electrons. The van der Waals surface area contributed by atoms with Gasteiger partial charge in [0.25, 0.3) is 0 Å². The van der Waals surface area contributed by atoms with E-state index in [0.29, 0.717) is 17.8 Å². The Hall–Kier alpha value is -2.93. The largest absolute Gasteiger partial charge is 0.393 e. The van der Waals surface area contributed by atoms with Gasteiger partial charge in [-0.15, -0.1) is 0 Å². The Balaban J connectivity index is 1.43. The highest BCUT2D eigenvalue weighted by atomic mass is 16.5. The minimum absolute atomic E-state index is 0.227. The Bertz CT molecular complexity index is 1000. The summed E-state index contributed by atoms with van der Waals surface area (Å²) in [6.45, 7) is 3.71. The summed E-state index contributed by atoms with van der Waals surface area (Å²) in [5, 5.41) is 14.1. The number of pyridine rings is 1. The van der Waals surface area contributed by atoms with Crippen LogP contribution < -0.4 is 10.6 Å². The Labute approximate surface area is 175 Å². The SMILES string of the molecule is C[C@@](c1ccc(-c2ccc(N)nc2)cc1)(c1noc(N2CCC(O)CC2)n1)C1CC1. The maximum Gasteiger partial charge on any atom is 0.324 e. The topological polar surface area (TPSA) is 101 Å². The zero-order valence-electron chi connectivity index (χ0n) is 17.2. The van der Waals surface area contributed by atoms with Crippen LogP contribution in [0.3, 0.4) is 0 Å². The number of hydrogen-bond acceptors (Lipinski definition) is 7. The smallest absolute Gasteiger partial charge is 0.324 e. The summed E-state index contributed by atoms with van der Waals surface area (Å²) in [5.41, 5.74) is 8.76. The van der Waals surface area contributed by atoms with Crippen molar-refractivity contribution >= 4 is 11.8 Å². The van der Waals surface area contributed by atoms with E-state index in [2.05, 4.69) is 46.2 Å². The van der Waals surface area contributed by atoms with Gasteiger partial charge in [0.1, 0.15) is 5.82 Å². The molecule has 30 heavy (non-hydrogen) atoms. The number of nitrogens with zero attached hydrogens (tertiary/aromatic N) is 4. The minimum atomic E-state index is -0.283. The molecule has 7 nitrogen and oxygen atoms in total. The molecule has 3 aromatic rings. The highest BCUT2D eigenvalue weighted by molar-refractivity contribution is 5.64. The van der Waals surface area contributed by atoms with Gasteiger partial charge in [-0.25, -0.2) is 4.98 Å². The standard InChI is InChI=1S/C23H27N5O2/c1-23(18-7-8-18,21-26-22(30-27-21)28-12-10-19(29)11-13-28)17-5-2-15(3-6-17)16-4-9-20(24)25-14-16/h2-6,9,14,18-19,29H,7-8,10-13H2,1H3,(H2,24,25)/t23-/m0/s1. The van der Waals surface area contributed by atoms with E-state index in [4.69, 9.17) is 15.2 Å². The zero-order valence-corrected chi connectivity index (χ0v) is 17.2. The first kappa shape index (κ1) is 19.1. The number of aliphatic hydroxyl groups excluding tert-OH is 1. The van der Waals surface area contributed by atoms with E-state index in [1.165, 1.54) is 18.4 Å². The van der Waals surface area contributed by atoms with Gasteiger partial charge in [-0.1, -0.05) is 29.4 Å². The first-order valence-electron chi connectivity index (χ1n) is 10.6. The fraction of sp³-hybridized carbons (Fsp3) is 0.435.